The van der Waals surface area contributed by atoms with Gasteiger partial charge in [-0.1, -0.05) is 0 Å². The number of fused-ring (bicyclic) bond motifs is 1. The first-order valence-corrected chi connectivity index (χ1v) is 5.33. The number of aryl methyl sites for hydroxylation is 1. The SMILES string of the molecule is Cn1nccc1-c1nc(=O)[nH]c2cc(F)ccc12. The Hall–Kier alpha value is -2.50. The molecule has 0 aliphatic heterocycles. The van der Waals surface area contributed by atoms with Gasteiger partial charge >= 0.3 is 5.69 Å². The highest BCUT2D eigenvalue weighted by Crippen LogP contribution is 2.23. The molecule has 0 saturated heterocycles. The second-order valence-electron chi connectivity index (χ2n) is 3.92. The number of hydrogen-bond acceptors (Lipinski definition) is 3. The van der Waals surface area contributed by atoms with Gasteiger partial charge in [0, 0.05) is 18.6 Å². The van der Waals surface area contributed by atoms with E-state index in [0.717, 1.165) is 0 Å². The largest absolute Gasteiger partial charge is 0.346 e. The van der Waals surface area contributed by atoms with Crippen LogP contribution in [0, 0.1) is 5.82 Å². The van der Waals surface area contributed by atoms with Gasteiger partial charge in [0.15, 0.2) is 0 Å². The average molecular weight is 244 g/mol. The summed E-state index contributed by atoms with van der Waals surface area (Å²) in [5.41, 5.74) is 1.11. The maximum absolute atomic E-state index is 13.2. The lowest BCUT2D eigenvalue weighted by molar-refractivity contribution is 0.629. The molecule has 90 valence electrons. The summed E-state index contributed by atoms with van der Waals surface area (Å²) in [5, 5.41) is 4.72. The molecule has 0 bridgehead atoms. The van der Waals surface area contributed by atoms with Gasteiger partial charge in [0.2, 0.25) is 0 Å². The van der Waals surface area contributed by atoms with E-state index in [1.165, 1.54) is 12.1 Å². The van der Waals surface area contributed by atoms with Crippen LogP contribution in [-0.2, 0) is 7.05 Å². The van der Waals surface area contributed by atoms with Gasteiger partial charge in [-0.05, 0) is 24.3 Å². The number of rotatable bonds is 1. The van der Waals surface area contributed by atoms with E-state index in [9.17, 15) is 9.18 Å². The summed E-state index contributed by atoms with van der Waals surface area (Å²) in [7, 11) is 1.76. The van der Waals surface area contributed by atoms with E-state index in [1.807, 2.05) is 0 Å². The quantitative estimate of drug-likeness (QED) is 0.704. The predicted octanol–water partition coefficient (Wildman–Crippen LogP) is 1.46. The first-order valence-electron chi connectivity index (χ1n) is 5.33. The van der Waals surface area contributed by atoms with Crippen molar-refractivity contribution in [2.24, 2.45) is 7.05 Å². The third-order valence-electron chi connectivity index (χ3n) is 2.76. The molecule has 0 spiro atoms. The Labute approximate surface area is 101 Å². The number of nitrogens with one attached hydrogen (secondary N) is 1. The summed E-state index contributed by atoms with van der Waals surface area (Å²) in [5.74, 6) is -0.402. The van der Waals surface area contributed by atoms with Crippen LogP contribution in [0.1, 0.15) is 0 Å². The van der Waals surface area contributed by atoms with Gasteiger partial charge in [-0.15, -0.1) is 0 Å². The van der Waals surface area contributed by atoms with Gasteiger partial charge in [-0.2, -0.15) is 10.1 Å². The van der Waals surface area contributed by atoms with Gasteiger partial charge in [0.25, 0.3) is 0 Å². The van der Waals surface area contributed by atoms with Crippen molar-refractivity contribution in [1.29, 1.82) is 0 Å². The minimum atomic E-state index is -0.510. The van der Waals surface area contributed by atoms with E-state index in [4.69, 9.17) is 0 Å². The molecule has 2 heterocycles. The summed E-state index contributed by atoms with van der Waals surface area (Å²) >= 11 is 0. The Balaban J connectivity index is 2.42. The van der Waals surface area contributed by atoms with Gasteiger partial charge in [0.1, 0.15) is 11.5 Å². The van der Waals surface area contributed by atoms with E-state index >= 15 is 0 Å². The second kappa shape index (κ2) is 3.76. The second-order valence-corrected chi connectivity index (χ2v) is 3.92. The predicted molar refractivity (Wildman–Crippen MR) is 64.5 cm³/mol. The minimum absolute atomic E-state index is 0.402. The van der Waals surface area contributed by atoms with Gasteiger partial charge in [0.05, 0.1) is 11.2 Å². The minimum Gasteiger partial charge on any atom is -0.305 e. The molecule has 0 aliphatic carbocycles. The van der Waals surface area contributed by atoms with Crippen molar-refractivity contribution >= 4 is 10.9 Å². The molecule has 0 radical (unpaired) electrons. The lowest BCUT2D eigenvalue weighted by atomic mass is 10.1. The summed E-state index contributed by atoms with van der Waals surface area (Å²) < 4.78 is 14.8. The van der Waals surface area contributed by atoms with Crippen molar-refractivity contribution in [2.45, 2.75) is 0 Å². The van der Waals surface area contributed by atoms with E-state index in [1.54, 1.807) is 30.1 Å². The molecule has 0 saturated carbocycles. The zero-order valence-corrected chi connectivity index (χ0v) is 9.51. The van der Waals surface area contributed by atoms with E-state index in [2.05, 4.69) is 15.1 Å². The average Bonchev–Trinajstić information content (AvgIpc) is 2.73. The van der Waals surface area contributed by atoms with Crippen molar-refractivity contribution in [3.63, 3.8) is 0 Å². The third kappa shape index (κ3) is 1.58. The van der Waals surface area contributed by atoms with Crippen molar-refractivity contribution in [1.82, 2.24) is 19.7 Å². The van der Waals surface area contributed by atoms with Gasteiger partial charge < -0.3 is 4.98 Å². The van der Waals surface area contributed by atoms with Crippen LogP contribution in [0.5, 0.6) is 0 Å². The Morgan fingerprint density at radius 3 is 2.89 bits per heavy atom. The lowest BCUT2D eigenvalue weighted by Crippen LogP contribution is -2.12. The highest BCUT2D eigenvalue weighted by atomic mass is 19.1. The fourth-order valence-electron chi connectivity index (χ4n) is 1.93. The molecule has 18 heavy (non-hydrogen) atoms. The first-order chi connectivity index (χ1) is 8.65. The zero-order chi connectivity index (χ0) is 12.7. The number of H-pyrrole nitrogens is 1. The summed E-state index contributed by atoms with van der Waals surface area (Å²) in [6.45, 7) is 0. The maximum Gasteiger partial charge on any atom is 0.346 e. The number of benzene rings is 1. The Kier molecular flexibility index (Phi) is 2.22. The molecule has 0 fully saturated rings. The first kappa shape index (κ1) is 10.6. The molecular formula is C12H9FN4O. The molecule has 1 aromatic carbocycles. The fraction of sp³-hybridized carbons (Fsp3) is 0.0833. The third-order valence-corrected chi connectivity index (χ3v) is 2.76. The summed E-state index contributed by atoms with van der Waals surface area (Å²) in [6, 6.07) is 5.96. The molecule has 6 heteroatoms. The Bertz CT molecular complexity index is 790. The number of aromatic nitrogens is 4. The molecule has 0 aliphatic rings. The van der Waals surface area contributed by atoms with E-state index in [0.29, 0.717) is 22.3 Å². The highest BCUT2D eigenvalue weighted by molar-refractivity contribution is 5.91. The molecule has 5 nitrogen and oxygen atoms in total. The van der Waals surface area contributed by atoms with Gasteiger partial charge in [-0.25, -0.2) is 9.18 Å². The van der Waals surface area contributed by atoms with Crippen molar-refractivity contribution in [3.05, 3.63) is 46.8 Å². The number of nitrogens with zero attached hydrogens (tertiary/aromatic N) is 3. The number of hydrogen-bond donors (Lipinski definition) is 1. The van der Waals surface area contributed by atoms with Crippen molar-refractivity contribution < 1.29 is 4.39 Å². The standard InChI is InChI=1S/C12H9FN4O/c1-17-10(4-5-14-17)11-8-3-2-7(13)6-9(8)15-12(18)16-11/h2-6H,1H3,(H,15,16,18). The van der Waals surface area contributed by atoms with Crippen LogP contribution in [0.4, 0.5) is 4.39 Å². The number of aromatic amines is 1. The van der Waals surface area contributed by atoms with Gasteiger partial charge in [-0.3, -0.25) is 4.68 Å². The highest BCUT2D eigenvalue weighted by Gasteiger charge is 2.11. The summed E-state index contributed by atoms with van der Waals surface area (Å²) in [4.78, 5) is 18.0. The van der Waals surface area contributed by atoms with Crippen LogP contribution in [0.3, 0.4) is 0 Å². The molecule has 0 amide bonds. The topological polar surface area (TPSA) is 63.6 Å². The maximum atomic E-state index is 13.2. The molecule has 3 rings (SSSR count). The van der Waals surface area contributed by atoms with Crippen molar-refractivity contribution in [3.8, 4) is 11.4 Å². The summed E-state index contributed by atoms with van der Waals surface area (Å²) in [6.07, 6.45) is 1.62. The van der Waals surface area contributed by atoms with E-state index in [-0.39, 0.29) is 0 Å². The monoisotopic (exact) mass is 244 g/mol. The lowest BCUT2D eigenvalue weighted by Gasteiger charge is -2.05. The smallest absolute Gasteiger partial charge is 0.305 e. The van der Waals surface area contributed by atoms with Crippen molar-refractivity contribution in [2.75, 3.05) is 0 Å². The zero-order valence-electron chi connectivity index (χ0n) is 9.51. The molecule has 0 unspecified atom stereocenters. The van der Waals surface area contributed by atoms with Crippen LogP contribution in [0.25, 0.3) is 22.3 Å². The molecular weight excluding hydrogens is 235 g/mol. The molecule has 1 N–H and O–H groups in total. The number of halogens is 1. The van der Waals surface area contributed by atoms with E-state index < -0.39 is 11.5 Å². The molecule has 2 aromatic heterocycles. The van der Waals surface area contributed by atoms with Crippen LogP contribution >= 0.6 is 0 Å². The molecule has 3 aromatic rings. The van der Waals surface area contributed by atoms with Crippen LogP contribution in [0.15, 0.2) is 35.3 Å². The van der Waals surface area contributed by atoms with Crippen LogP contribution < -0.4 is 5.69 Å². The van der Waals surface area contributed by atoms with Crippen LogP contribution in [0.2, 0.25) is 0 Å². The Morgan fingerprint density at radius 2 is 2.17 bits per heavy atom. The normalized spacial score (nSPS) is 11.0. The fourth-order valence-corrected chi connectivity index (χ4v) is 1.93. The van der Waals surface area contributed by atoms with Crippen LogP contribution in [-0.4, -0.2) is 19.7 Å². The molecule has 0 atom stereocenters. The Morgan fingerprint density at radius 1 is 1.33 bits per heavy atom.